The Morgan fingerprint density at radius 1 is 1.45 bits per heavy atom. The normalized spacial score (nSPS) is 10.1. The molecule has 0 heterocycles. The van der Waals surface area contributed by atoms with Crippen molar-refractivity contribution in [2.45, 2.75) is 6.92 Å². The van der Waals surface area contributed by atoms with Gasteiger partial charge in [0.05, 0.1) is 19.6 Å². The predicted octanol–water partition coefficient (Wildman–Crippen LogP) is 1.61. The largest absolute Gasteiger partial charge is 0.480 e. The number of hydrogen-bond acceptors (Lipinski definition) is 3. The van der Waals surface area contributed by atoms with Gasteiger partial charge >= 0.3 is 5.97 Å². The van der Waals surface area contributed by atoms with E-state index in [9.17, 15) is 9.59 Å². The van der Waals surface area contributed by atoms with E-state index in [0.29, 0.717) is 10.7 Å². The van der Waals surface area contributed by atoms with Crippen LogP contribution >= 0.6 is 11.6 Å². The summed E-state index contributed by atoms with van der Waals surface area (Å²) in [5.74, 6) is 0.948. The van der Waals surface area contributed by atoms with Crippen molar-refractivity contribution in [2.75, 3.05) is 25.0 Å². The van der Waals surface area contributed by atoms with Gasteiger partial charge in [-0.25, -0.2) is 0 Å². The summed E-state index contributed by atoms with van der Waals surface area (Å²) in [7, 11) is 0. The number of halogens is 1. The minimum atomic E-state index is -1.04. The van der Waals surface area contributed by atoms with Crippen molar-refractivity contribution < 1.29 is 14.7 Å². The average molecular weight is 295 g/mol. The topological polar surface area (TPSA) is 69.6 Å². The Labute approximate surface area is 122 Å². The van der Waals surface area contributed by atoms with Gasteiger partial charge in [0.2, 0.25) is 5.91 Å². The van der Waals surface area contributed by atoms with Crippen LogP contribution in [0.25, 0.3) is 0 Å². The molecule has 5 nitrogen and oxygen atoms in total. The summed E-state index contributed by atoms with van der Waals surface area (Å²) >= 11 is 5.86. The highest BCUT2D eigenvalue weighted by molar-refractivity contribution is 6.31. The summed E-state index contributed by atoms with van der Waals surface area (Å²) < 4.78 is 0. The molecule has 1 aromatic rings. The van der Waals surface area contributed by atoms with Crippen LogP contribution in [0, 0.1) is 19.3 Å². The number of carbonyl (C=O) groups excluding carboxylic acids is 1. The number of aliphatic carboxylic acids is 1. The molecule has 6 heteroatoms. The Balaban J connectivity index is 2.68. The van der Waals surface area contributed by atoms with Crippen LogP contribution in [0.4, 0.5) is 5.69 Å². The Hall–Kier alpha value is -2.03. The summed E-state index contributed by atoms with van der Waals surface area (Å²) in [6.07, 6.45) is 5.14. The van der Waals surface area contributed by atoms with Gasteiger partial charge in [-0.15, -0.1) is 6.42 Å². The van der Waals surface area contributed by atoms with Crippen molar-refractivity contribution in [2.24, 2.45) is 0 Å². The maximum absolute atomic E-state index is 11.9. The van der Waals surface area contributed by atoms with E-state index < -0.39 is 5.97 Å². The summed E-state index contributed by atoms with van der Waals surface area (Å²) in [5.41, 5.74) is 1.46. The first-order valence-corrected chi connectivity index (χ1v) is 6.23. The van der Waals surface area contributed by atoms with Gasteiger partial charge in [0.1, 0.15) is 0 Å². The Morgan fingerprint density at radius 3 is 2.75 bits per heavy atom. The molecule has 0 atom stereocenters. The van der Waals surface area contributed by atoms with Gasteiger partial charge in [-0.1, -0.05) is 23.6 Å². The van der Waals surface area contributed by atoms with Gasteiger partial charge in [-0.3, -0.25) is 14.5 Å². The molecule has 0 saturated carbocycles. The fraction of sp³-hybridized carbons (Fsp3) is 0.286. The summed E-state index contributed by atoms with van der Waals surface area (Å²) in [6.45, 7) is 1.55. The van der Waals surface area contributed by atoms with Crippen LogP contribution in [-0.4, -0.2) is 41.5 Å². The minimum absolute atomic E-state index is 0.0915. The summed E-state index contributed by atoms with van der Waals surface area (Å²) in [4.78, 5) is 23.9. The van der Waals surface area contributed by atoms with Crippen molar-refractivity contribution in [3.63, 3.8) is 0 Å². The van der Waals surface area contributed by atoms with Crippen molar-refractivity contribution in [3.8, 4) is 12.3 Å². The van der Waals surface area contributed by atoms with Gasteiger partial charge in [0, 0.05) is 10.7 Å². The van der Waals surface area contributed by atoms with E-state index in [1.54, 1.807) is 18.2 Å². The molecule has 0 radical (unpaired) electrons. The lowest BCUT2D eigenvalue weighted by molar-refractivity contribution is -0.138. The number of carboxylic acids is 1. The van der Waals surface area contributed by atoms with Crippen LogP contribution in [0.3, 0.4) is 0 Å². The zero-order valence-corrected chi connectivity index (χ0v) is 11.8. The van der Waals surface area contributed by atoms with E-state index >= 15 is 0 Å². The summed E-state index contributed by atoms with van der Waals surface area (Å²) in [6, 6.07) is 5.15. The number of rotatable bonds is 6. The van der Waals surface area contributed by atoms with Gasteiger partial charge in [-0.2, -0.15) is 0 Å². The number of nitrogens with one attached hydrogen (secondary N) is 1. The molecular formula is C14H15ClN2O3. The molecule has 0 saturated heterocycles. The number of carbonyl (C=O) groups is 2. The number of aryl methyl sites for hydroxylation is 1. The standard InChI is InChI=1S/C14H15ClN2O3/c1-3-6-17(9-14(19)20)8-13(18)16-12-7-11(15)5-4-10(12)2/h1,4-5,7H,6,8-9H2,2H3,(H,16,18)(H,19,20). The highest BCUT2D eigenvalue weighted by Crippen LogP contribution is 2.19. The molecule has 1 aromatic carbocycles. The monoisotopic (exact) mass is 294 g/mol. The van der Waals surface area contributed by atoms with E-state index in [-0.39, 0.29) is 25.5 Å². The fourth-order valence-electron chi connectivity index (χ4n) is 1.61. The van der Waals surface area contributed by atoms with Crippen LogP contribution in [0.15, 0.2) is 18.2 Å². The number of hydrogen-bond donors (Lipinski definition) is 2. The molecule has 0 aromatic heterocycles. The number of carboxylic acid groups (broad SMARTS) is 1. The van der Waals surface area contributed by atoms with E-state index in [2.05, 4.69) is 11.2 Å². The molecule has 0 unspecified atom stereocenters. The third kappa shape index (κ3) is 5.31. The Morgan fingerprint density at radius 2 is 2.15 bits per heavy atom. The van der Waals surface area contributed by atoms with Gasteiger partial charge in [0.15, 0.2) is 0 Å². The first-order valence-electron chi connectivity index (χ1n) is 5.86. The van der Waals surface area contributed by atoms with Crippen molar-refractivity contribution in [1.29, 1.82) is 0 Å². The second-order valence-corrected chi connectivity index (χ2v) is 4.69. The van der Waals surface area contributed by atoms with Crippen molar-refractivity contribution in [3.05, 3.63) is 28.8 Å². The first-order chi connectivity index (χ1) is 9.42. The smallest absolute Gasteiger partial charge is 0.317 e. The molecule has 0 fully saturated rings. The number of anilines is 1. The fourth-order valence-corrected chi connectivity index (χ4v) is 1.78. The van der Waals surface area contributed by atoms with Crippen LogP contribution < -0.4 is 5.32 Å². The molecule has 0 aliphatic rings. The predicted molar refractivity (Wildman–Crippen MR) is 77.7 cm³/mol. The first kappa shape index (κ1) is 16.0. The Kier molecular flexibility index (Phi) is 6.04. The van der Waals surface area contributed by atoms with E-state index in [0.717, 1.165) is 5.56 Å². The van der Waals surface area contributed by atoms with Crippen LogP contribution in [0.2, 0.25) is 5.02 Å². The third-order valence-electron chi connectivity index (χ3n) is 2.51. The lowest BCUT2D eigenvalue weighted by Crippen LogP contribution is -2.37. The van der Waals surface area contributed by atoms with Crippen LogP contribution in [-0.2, 0) is 9.59 Å². The van der Waals surface area contributed by atoms with E-state index in [4.69, 9.17) is 23.1 Å². The SMILES string of the molecule is C#CCN(CC(=O)O)CC(=O)Nc1cc(Cl)ccc1C. The molecule has 0 aliphatic heterocycles. The second kappa shape index (κ2) is 7.53. The maximum atomic E-state index is 11.9. The molecule has 0 aliphatic carbocycles. The van der Waals surface area contributed by atoms with E-state index in [1.807, 2.05) is 6.92 Å². The van der Waals surface area contributed by atoms with Crippen molar-refractivity contribution >= 4 is 29.2 Å². The second-order valence-electron chi connectivity index (χ2n) is 4.25. The van der Waals surface area contributed by atoms with Crippen LogP contribution in [0.5, 0.6) is 0 Å². The molecule has 20 heavy (non-hydrogen) atoms. The molecule has 1 amide bonds. The van der Waals surface area contributed by atoms with E-state index in [1.165, 1.54) is 4.90 Å². The number of nitrogens with zero attached hydrogens (tertiary/aromatic N) is 1. The molecule has 2 N–H and O–H groups in total. The minimum Gasteiger partial charge on any atom is -0.480 e. The average Bonchev–Trinajstić information content (AvgIpc) is 2.33. The zero-order valence-electron chi connectivity index (χ0n) is 11.0. The number of terminal acetylenes is 1. The Bertz CT molecular complexity index is 552. The third-order valence-corrected chi connectivity index (χ3v) is 2.75. The molecular weight excluding hydrogens is 280 g/mol. The quantitative estimate of drug-likeness (QED) is 0.782. The van der Waals surface area contributed by atoms with Gasteiger partial charge in [-0.05, 0) is 24.6 Å². The zero-order chi connectivity index (χ0) is 15.1. The summed E-state index contributed by atoms with van der Waals surface area (Å²) in [5, 5.41) is 11.9. The maximum Gasteiger partial charge on any atom is 0.317 e. The lowest BCUT2D eigenvalue weighted by atomic mass is 10.2. The molecule has 106 valence electrons. The van der Waals surface area contributed by atoms with Crippen molar-refractivity contribution in [1.82, 2.24) is 4.90 Å². The molecule has 1 rings (SSSR count). The number of benzene rings is 1. The van der Waals surface area contributed by atoms with Gasteiger partial charge < -0.3 is 10.4 Å². The highest BCUT2D eigenvalue weighted by atomic mass is 35.5. The molecule has 0 spiro atoms. The highest BCUT2D eigenvalue weighted by Gasteiger charge is 2.13. The number of amides is 1. The van der Waals surface area contributed by atoms with Crippen LogP contribution in [0.1, 0.15) is 5.56 Å². The van der Waals surface area contributed by atoms with Gasteiger partial charge in [0.25, 0.3) is 0 Å². The lowest BCUT2D eigenvalue weighted by Gasteiger charge is -2.17. The molecule has 0 bridgehead atoms.